The van der Waals surface area contributed by atoms with Gasteiger partial charge in [-0.05, 0) is 200 Å². The first kappa shape index (κ1) is 129. The number of benzene rings is 8. The summed E-state index contributed by atoms with van der Waals surface area (Å²) in [5.41, 5.74) is 21.5. The molecule has 15 rings (SSSR count). The number of esters is 9. The van der Waals surface area contributed by atoms with Crippen LogP contribution in [0.15, 0.2) is 285 Å². The van der Waals surface area contributed by atoms with Crippen LogP contribution in [0.4, 0.5) is 4.39 Å². The second-order valence-corrected chi connectivity index (χ2v) is 41.4. The number of hydrogen-bond acceptors (Lipinski definition) is 19. The van der Waals surface area contributed by atoms with Crippen LogP contribution in [-0.4, -0.2) is 96.4 Å². The number of fused-ring (bicyclic) bond motifs is 7. The highest BCUT2D eigenvalue weighted by atomic mass is 19.1. The first-order valence-electron chi connectivity index (χ1n) is 49.0. The van der Waals surface area contributed by atoms with Crippen LogP contribution in [-0.2, 0) is 131 Å². The molecule has 0 radical (unpaired) electrons. The number of methoxy groups -OCH3 is 3. The Kier molecular flexibility index (Phi) is 52.7. The second kappa shape index (κ2) is 59.8. The maximum Gasteiger partial charge on any atom is 0.333 e. The van der Waals surface area contributed by atoms with Gasteiger partial charge >= 0.3 is 53.7 Å². The summed E-state index contributed by atoms with van der Waals surface area (Å²) >= 11 is 0. The van der Waals surface area contributed by atoms with E-state index in [0.717, 1.165) is 83.9 Å². The van der Waals surface area contributed by atoms with Crippen LogP contribution in [0.2, 0.25) is 0 Å². The molecule has 0 saturated heterocycles. The lowest BCUT2D eigenvalue weighted by atomic mass is 9.87. The molecule has 7 aliphatic rings. The standard InChI is InChI=1S/7C15H18O2.C7H8.2C3H6O2.C2H3N.C2H6O.C2H6.CH3F/c4*1-10(2)14(16)17-13-9-15(3,4)12-8-6-5-7-11(12)13;3*1-10(2)14(16)17-13-12-8-6-5-7-11(12)9-15(13,3)4;1-7-5-3-2-4-6-7;2*1-3(4)5-2;2*1-3-2;2*1-2/h7*5-8,13H,1,9H2,2-4H3;2-6H,1H3;2*1-2H3;1H3;1-2H3;1-2H3;1H3. The van der Waals surface area contributed by atoms with Crippen molar-refractivity contribution in [3.05, 3.63) is 380 Å². The predicted molar refractivity (Wildman–Crippen MR) is 584 cm³/mol. The van der Waals surface area contributed by atoms with Crippen LogP contribution in [0.1, 0.15) is 325 Å². The molecule has 7 atom stereocenters. The Labute approximate surface area is 871 Å². The van der Waals surface area contributed by atoms with Gasteiger partial charge < -0.3 is 52.2 Å². The highest BCUT2D eigenvalue weighted by Gasteiger charge is 2.47. The van der Waals surface area contributed by atoms with Gasteiger partial charge in [0.2, 0.25) is 7.05 Å². The molecule has 20 nitrogen and oxygen atoms in total. The predicted octanol–water partition coefficient (Wildman–Crippen LogP) is 29.2. The van der Waals surface area contributed by atoms with Crippen molar-refractivity contribution in [2.75, 3.05) is 42.7 Å². The van der Waals surface area contributed by atoms with Gasteiger partial charge in [0.05, 0.1) is 21.4 Å². The number of carbonyl (C=O) groups is 9. The van der Waals surface area contributed by atoms with E-state index in [4.69, 9.17) is 39.7 Å². The van der Waals surface area contributed by atoms with Crippen molar-refractivity contribution in [1.29, 1.82) is 0 Å². The summed E-state index contributed by atoms with van der Waals surface area (Å²) in [6, 6.07) is 67.4. The molecule has 0 aliphatic heterocycles. The van der Waals surface area contributed by atoms with Gasteiger partial charge in [-0.2, -0.15) is 0 Å². The molecule has 0 spiro atoms. The fourth-order valence-corrected chi connectivity index (χ4v) is 17.3. The quantitative estimate of drug-likeness (QED) is 0.0424. The van der Waals surface area contributed by atoms with Crippen molar-refractivity contribution in [2.45, 2.75) is 289 Å². The molecule has 0 heterocycles. The molecule has 0 saturated carbocycles. The molecule has 0 fully saturated rings. The molecule has 0 N–H and O–H groups in total. The van der Waals surface area contributed by atoms with E-state index in [-0.39, 0.29) is 134 Å². The Balaban J connectivity index is 0.000000552. The van der Waals surface area contributed by atoms with Crippen molar-refractivity contribution in [2.24, 2.45) is 16.2 Å². The molecule has 0 bridgehead atoms. The summed E-state index contributed by atoms with van der Waals surface area (Å²) < 4.78 is 60.7. The van der Waals surface area contributed by atoms with Crippen molar-refractivity contribution in [1.82, 2.24) is 0 Å². The maximum atomic E-state index is 11.7. The van der Waals surface area contributed by atoms with Gasteiger partial charge in [0.25, 0.3) is 0 Å². The average molecular weight is 2000 g/mol. The van der Waals surface area contributed by atoms with Gasteiger partial charge in [0.15, 0.2) is 0 Å². The summed E-state index contributed by atoms with van der Waals surface area (Å²) in [7, 11) is 7.87. The zero-order valence-electron chi connectivity index (χ0n) is 93.1. The van der Waals surface area contributed by atoms with Crippen LogP contribution < -0.4 is 0 Å². The third-order valence-corrected chi connectivity index (χ3v) is 24.6. The molecule has 8 aromatic carbocycles. The molecule has 8 aromatic rings. The maximum absolute atomic E-state index is 11.7. The molecule has 790 valence electrons. The minimum Gasteiger partial charge on any atom is -0.469 e. The third kappa shape index (κ3) is 39.2. The van der Waals surface area contributed by atoms with E-state index in [1.165, 1.54) is 79.6 Å². The number of ether oxygens (including phenoxy) is 10. The minimum absolute atomic E-state index is 0.0468. The van der Waals surface area contributed by atoms with Crippen molar-refractivity contribution in [3.8, 4) is 0 Å². The second-order valence-electron chi connectivity index (χ2n) is 41.4. The normalized spacial score (nSPS) is 18.1. The number of carbonyl (C=O) groups excluding carboxylic acids is 9. The fourth-order valence-electron chi connectivity index (χ4n) is 17.3. The monoisotopic (exact) mass is 2000 g/mol. The van der Waals surface area contributed by atoms with Gasteiger partial charge in [-0.1, -0.05) is 363 Å². The van der Waals surface area contributed by atoms with E-state index in [0.29, 0.717) is 46.2 Å². The Hall–Kier alpha value is -13.5. The number of alkyl halides is 1. The van der Waals surface area contributed by atoms with E-state index >= 15 is 0 Å². The molecular weight excluding hydrogens is 1840 g/mol. The van der Waals surface area contributed by atoms with Gasteiger partial charge in [0.1, 0.15) is 42.7 Å². The Morgan fingerprint density at radius 2 is 0.438 bits per heavy atom. The largest absolute Gasteiger partial charge is 0.469 e. The van der Waals surface area contributed by atoms with Crippen molar-refractivity contribution < 1.29 is 94.9 Å². The molecule has 21 heteroatoms. The highest BCUT2D eigenvalue weighted by Crippen LogP contribution is 2.54. The lowest BCUT2D eigenvalue weighted by Gasteiger charge is -2.27. The van der Waals surface area contributed by atoms with Crippen LogP contribution in [0.3, 0.4) is 0 Å². The van der Waals surface area contributed by atoms with Crippen LogP contribution in [0.5, 0.6) is 0 Å². The minimum atomic E-state index is -0.306. The highest BCUT2D eigenvalue weighted by molar-refractivity contribution is 5.90. The Morgan fingerprint density at radius 1 is 0.288 bits per heavy atom. The number of aryl methyl sites for hydroxylation is 1. The van der Waals surface area contributed by atoms with Crippen molar-refractivity contribution in [3.63, 3.8) is 0 Å². The molecule has 146 heavy (non-hydrogen) atoms. The summed E-state index contributed by atoms with van der Waals surface area (Å²) in [6.45, 7) is 81.9. The van der Waals surface area contributed by atoms with E-state index in [1.807, 2.05) is 159 Å². The molecular formula is C125H164FNO19. The van der Waals surface area contributed by atoms with E-state index < -0.39 is 0 Å². The summed E-state index contributed by atoms with van der Waals surface area (Å²) in [5, 5.41) is 0. The van der Waals surface area contributed by atoms with Gasteiger partial charge in [0, 0.05) is 83.3 Å². The summed E-state index contributed by atoms with van der Waals surface area (Å²) in [5.74, 6) is -2.62. The zero-order chi connectivity index (χ0) is 112. The van der Waals surface area contributed by atoms with Crippen LogP contribution in [0, 0.1) is 29.7 Å². The number of nitrogens with zero attached hydrogens (tertiary/aromatic N) is 1. The first-order chi connectivity index (χ1) is 68.2. The smallest absolute Gasteiger partial charge is 0.333 e. The number of halogens is 1. The lowest BCUT2D eigenvalue weighted by molar-refractivity contribution is -0.150. The lowest BCUT2D eigenvalue weighted by Crippen LogP contribution is -2.23. The number of hydrogen-bond donors (Lipinski definition) is 0. The zero-order valence-corrected chi connectivity index (χ0v) is 93.1. The van der Waals surface area contributed by atoms with Gasteiger partial charge in [-0.25, -0.2) is 40.1 Å². The van der Waals surface area contributed by atoms with E-state index in [1.54, 1.807) is 62.7 Å². The summed E-state index contributed by atoms with van der Waals surface area (Å²) in [4.78, 5) is 103. The molecule has 0 aromatic heterocycles. The Bertz CT molecular complexity index is 5250. The first-order valence-corrected chi connectivity index (χ1v) is 49.0. The molecule has 0 amide bonds. The van der Waals surface area contributed by atoms with Gasteiger partial charge in [-0.3, -0.25) is 14.0 Å². The average Bonchev–Trinajstić information content (AvgIpc) is 1.67. The Morgan fingerprint density at radius 3 is 0.596 bits per heavy atom. The SMILES string of the molecule is C=C(C)C(=O)OC1CC(C)(C)c2ccccc21.C=C(C)C(=O)OC1CC(C)(C)c2ccccc21.C=C(C)C(=O)OC1CC(C)(C)c2ccccc21.C=C(C)C(=O)OC1CC(C)(C)c2ccccc21.C=C(C)C(=O)OC1c2ccccc2CC1(C)C.C=C(C)C(=O)OC1c2ccccc2CC1(C)C.C=C(C)C(=O)OC1c2ccccc2CC1(C)C.CC.CF.COC.COC(C)=O.COC(C)=O.Cc1ccccc1.[C-]#[N+]C. The topological polar surface area (TPSA) is 250 Å². The molecule has 7 unspecified atom stereocenters. The van der Waals surface area contributed by atoms with E-state index in [9.17, 15) is 47.5 Å². The third-order valence-electron chi connectivity index (χ3n) is 24.6. The van der Waals surface area contributed by atoms with Crippen molar-refractivity contribution >= 4 is 53.7 Å². The number of rotatable bonds is 14. The summed E-state index contributed by atoms with van der Waals surface area (Å²) in [6.07, 6.45) is 5.15. The van der Waals surface area contributed by atoms with E-state index in [2.05, 4.69) is 224 Å². The van der Waals surface area contributed by atoms with Crippen LogP contribution >= 0.6 is 0 Å². The molecule has 7 aliphatic carbocycles. The van der Waals surface area contributed by atoms with Gasteiger partial charge in [-0.15, -0.1) is 0 Å². The van der Waals surface area contributed by atoms with Crippen LogP contribution in [0.25, 0.3) is 4.85 Å². The fraction of sp³-hybridized carbons (Fsp3) is 0.424.